The molecule has 4 rings (SSSR count). The Bertz CT molecular complexity index is 1580. The zero-order valence-electron chi connectivity index (χ0n) is 24.8. The first kappa shape index (κ1) is 34.9. The second kappa shape index (κ2) is 15.5. The van der Waals surface area contributed by atoms with E-state index in [4.69, 9.17) is 4.74 Å². The van der Waals surface area contributed by atoms with Gasteiger partial charge in [0.2, 0.25) is 0 Å². The van der Waals surface area contributed by atoms with Crippen molar-refractivity contribution in [2.45, 2.75) is 51.1 Å². The summed E-state index contributed by atoms with van der Waals surface area (Å²) < 4.78 is 140. The van der Waals surface area contributed by atoms with Gasteiger partial charge in [-0.25, -0.2) is 30.7 Å². The third-order valence-electron chi connectivity index (χ3n) is 7.62. The summed E-state index contributed by atoms with van der Waals surface area (Å²) in [6.07, 6.45) is 6.66. The third-order valence-corrected chi connectivity index (χ3v) is 7.62. The lowest BCUT2D eigenvalue weighted by molar-refractivity contribution is -0.189. The van der Waals surface area contributed by atoms with E-state index in [2.05, 4.69) is 4.74 Å². The normalized spacial score (nSPS) is 19.3. The lowest BCUT2D eigenvalue weighted by atomic mass is 9.91. The molecule has 0 spiro atoms. The maximum Gasteiger partial charge on any atom is 0.432 e. The first-order valence-electron chi connectivity index (χ1n) is 14.6. The van der Waals surface area contributed by atoms with Gasteiger partial charge in [0.1, 0.15) is 34.6 Å². The van der Waals surface area contributed by atoms with Crippen molar-refractivity contribution in [3.05, 3.63) is 119 Å². The second-order valence-electron chi connectivity index (χ2n) is 10.9. The van der Waals surface area contributed by atoms with E-state index >= 15 is 22.0 Å². The summed E-state index contributed by atoms with van der Waals surface area (Å²) in [6.45, 7) is 0.621. The highest BCUT2D eigenvalue weighted by Gasteiger charge is 2.41. The molecule has 1 aliphatic rings. The third kappa shape index (κ3) is 8.63. The fourth-order valence-corrected chi connectivity index (χ4v) is 5.31. The van der Waals surface area contributed by atoms with Crippen LogP contribution in [-0.2, 0) is 10.8 Å². The molecule has 0 N–H and O–H groups in total. The minimum absolute atomic E-state index is 0.201. The zero-order chi connectivity index (χ0) is 33.4. The average Bonchev–Trinajstić information content (AvgIpc) is 2.97. The van der Waals surface area contributed by atoms with Crippen molar-refractivity contribution in [2.24, 2.45) is 5.92 Å². The Balaban J connectivity index is 1.57. The van der Waals surface area contributed by atoms with Crippen molar-refractivity contribution in [3.8, 4) is 16.9 Å². The van der Waals surface area contributed by atoms with E-state index in [1.54, 1.807) is 19.3 Å². The van der Waals surface area contributed by atoms with E-state index in [1.165, 1.54) is 12.2 Å². The van der Waals surface area contributed by atoms with Gasteiger partial charge in [-0.05, 0) is 98.0 Å². The molecule has 46 heavy (non-hydrogen) atoms. The number of allylic oxidation sites excluding steroid dienone is 6. The van der Waals surface area contributed by atoms with Crippen molar-refractivity contribution < 1.29 is 49.0 Å². The molecule has 0 bridgehead atoms. The molecule has 246 valence electrons. The molecular weight excluding hydrogens is 623 g/mol. The summed E-state index contributed by atoms with van der Waals surface area (Å²) in [5.41, 5.74) is -3.23. The SMILES string of the molecule is COCCCC1CC\C=C(F)/C(c2cc(F)c(C(F)(F)Oc3ccc(-c4cc(F)c(F)c(F)c4)c(F)c3)c(F)c2)=C\C=C\CCC1. The zero-order valence-corrected chi connectivity index (χ0v) is 24.8. The minimum Gasteiger partial charge on any atom is -0.429 e. The first-order chi connectivity index (χ1) is 21.9. The van der Waals surface area contributed by atoms with Crippen molar-refractivity contribution in [1.82, 2.24) is 0 Å². The molecule has 3 aromatic rings. The quantitative estimate of drug-likeness (QED) is 0.130. The van der Waals surface area contributed by atoms with Crippen LogP contribution in [0, 0.1) is 40.8 Å². The van der Waals surface area contributed by atoms with E-state index in [0.717, 1.165) is 37.8 Å². The predicted octanol–water partition coefficient (Wildman–Crippen LogP) is 11.1. The van der Waals surface area contributed by atoms with Crippen LogP contribution in [-0.4, -0.2) is 13.7 Å². The summed E-state index contributed by atoms with van der Waals surface area (Å²) in [5, 5.41) is 0. The fraction of sp³-hybridized carbons (Fsp3) is 0.314. The Hall–Kier alpha value is -3.99. The van der Waals surface area contributed by atoms with E-state index in [0.29, 0.717) is 62.1 Å². The largest absolute Gasteiger partial charge is 0.432 e. The molecule has 0 aliphatic heterocycles. The molecule has 0 saturated carbocycles. The Morgan fingerprint density at radius 1 is 0.783 bits per heavy atom. The molecule has 2 nitrogen and oxygen atoms in total. The maximum atomic E-state index is 15.3. The molecule has 1 aliphatic carbocycles. The number of halogens is 9. The number of benzene rings is 3. The van der Waals surface area contributed by atoms with Gasteiger partial charge in [0.15, 0.2) is 17.5 Å². The predicted molar refractivity (Wildman–Crippen MR) is 157 cm³/mol. The van der Waals surface area contributed by atoms with E-state index in [9.17, 15) is 17.6 Å². The van der Waals surface area contributed by atoms with Crippen LogP contribution in [0.2, 0.25) is 0 Å². The molecule has 11 heteroatoms. The van der Waals surface area contributed by atoms with Gasteiger partial charge in [-0.15, -0.1) is 0 Å². The summed E-state index contributed by atoms with van der Waals surface area (Å²) in [7, 11) is 1.62. The number of methoxy groups -OCH3 is 1. The molecule has 0 heterocycles. The van der Waals surface area contributed by atoms with Crippen LogP contribution in [0.3, 0.4) is 0 Å². The van der Waals surface area contributed by atoms with Crippen LogP contribution < -0.4 is 4.74 Å². The van der Waals surface area contributed by atoms with Gasteiger partial charge in [0.25, 0.3) is 0 Å². The van der Waals surface area contributed by atoms with Gasteiger partial charge >= 0.3 is 6.11 Å². The lowest BCUT2D eigenvalue weighted by Crippen LogP contribution is -2.25. The van der Waals surface area contributed by atoms with Crippen molar-refractivity contribution in [3.63, 3.8) is 0 Å². The Morgan fingerprint density at radius 2 is 1.46 bits per heavy atom. The average molecular weight is 655 g/mol. The Labute approximate surface area is 260 Å². The molecule has 0 saturated heterocycles. The highest BCUT2D eigenvalue weighted by molar-refractivity contribution is 5.78. The van der Waals surface area contributed by atoms with Crippen LogP contribution in [0.25, 0.3) is 16.7 Å². The highest BCUT2D eigenvalue weighted by atomic mass is 19.3. The number of ether oxygens (including phenoxy) is 2. The van der Waals surface area contributed by atoms with E-state index < -0.39 is 69.3 Å². The van der Waals surface area contributed by atoms with Gasteiger partial charge in [0, 0.05) is 30.9 Å². The van der Waals surface area contributed by atoms with Gasteiger partial charge in [-0.3, -0.25) is 0 Å². The van der Waals surface area contributed by atoms with Crippen LogP contribution in [0.15, 0.2) is 72.6 Å². The molecule has 1 unspecified atom stereocenters. The number of hydrogen-bond acceptors (Lipinski definition) is 2. The molecule has 0 aromatic heterocycles. The van der Waals surface area contributed by atoms with Crippen molar-refractivity contribution in [1.29, 1.82) is 0 Å². The van der Waals surface area contributed by atoms with Crippen molar-refractivity contribution in [2.75, 3.05) is 13.7 Å². The fourth-order valence-electron chi connectivity index (χ4n) is 5.31. The van der Waals surface area contributed by atoms with E-state index in [1.807, 2.05) is 0 Å². The molecule has 1 atom stereocenters. The van der Waals surface area contributed by atoms with Crippen LogP contribution in [0.1, 0.15) is 56.1 Å². The summed E-state index contributed by atoms with van der Waals surface area (Å²) in [4.78, 5) is 0. The van der Waals surface area contributed by atoms with Gasteiger partial charge in [-0.1, -0.05) is 24.6 Å². The summed E-state index contributed by atoms with van der Waals surface area (Å²) in [6, 6.07) is 4.14. The van der Waals surface area contributed by atoms with Crippen LogP contribution in [0.4, 0.5) is 39.5 Å². The molecule has 0 fully saturated rings. The standard InChI is InChI=1S/C35H31F9O2/c1-45-15-7-10-21-8-4-2-3-5-11-25(27(36)12-6-9-21)22-16-29(38)33(30(39)17-22)35(43,44)46-24-13-14-26(28(37)20-24)23-18-31(40)34(42)32(41)19-23/h3,5,11-14,16-21H,2,4,6-10,15H2,1H3/b5-3+,25-11-,27-12+. The molecule has 0 amide bonds. The maximum absolute atomic E-state index is 15.3. The number of hydrogen-bond donors (Lipinski definition) is 0. The smallest absolute Gasteiger partial charge is 0.429 e. The van der Waals surface area contributed by atoms with Gasteiger partial charge in [0.05, 0.1) is 0 Å². The molecule has 0 radical (unpaired) electrons. The van der Waals surface area contributed by atoms with Gasteiger partial charge < -0.3 is 9.47 Å². The van der Waals surface area contributed by atoms with Crippen LogP contribution >= 0.6 is 0 Å². The van der Waals surface area contributed by atoms with Crippen molar-refractivity contribution >= 4 is 5.57 Å². The molecule has 3 aromatic carbocycles. The Morgan fingerprint density at radius 3 is 2.11 bits per heavy atom. The number of rotatable bonds is 9. The topological polar surface area (TPSA) is 18.5 Å². The summed E-state index contributed by atoms with van der Waals surface area (Å²) in [5.74, 6) is -11.1. The molecular formula is C35H31F9O2. The van der Waals surface area contributed by atoms with Gasteiger partial charge in [-0.2, -0.15) is 8.78 Å². The minimum atomic E-state index is -4.66. The highest BCUT2D eigenvalue weighted by Crippen LogP contribution is 2.39. The monoisotopic (exact) mass is 654 g/mol. The Kier molecular flexibility index (Phi) is 11.8. The number of alkyl halides is 2. The summed E-state index contributed by atoms with van der Waals surface area (Å²) >= 11 is 0. The lowest BCUT2D eigenvalue weighted by Gasteiger charge is -2.20. The second-order valence-corrected chi connectivity index (χ2v) is 10.9. The first-order valence-corrected chi connectivity index (χ1v) is 14.6. The van der Waals surface area contributed by atoms with Crippen LogP contribution in [0.5, 0.6) is 5.75 Å². The van der Waals surface area contributed by atoms with E-state index in [-0.39, 0.29) is 11.1 Å².